The number of allylic oxidation sites excluding steroid dienone is 1. The second-order valence-corrected chi connectivity index (χ2v) is 6.92. The standard InChI is InChI=1S/C20H13N3OS/c21-11-14(12-22)19-15-6-2-1-5-13(15)9-10-18(19)25-20-23-16-7-3-4-8-17(16)24-20/h1-8,18H,9-10H2. The molecule has 2 aromatic carbocycles. The molecule has 5 heteroatoms. The summed E-state index contributed by atoms with van der Waals surface area (Å²) in [6.07, 6.45) is 1.74. The summed E-state index contributed by atoms with van der Waals surface area (Å²) >= 11 is 1.48. The Labute approximate surface area is 149 Å². The number of nitrogens with zero attached hydrogens (tertiary/aromatic N) is 3. The summed E-state index contributed by atoms with van der Waals surface area (Å²) < 4.78 is 5.82. The number of aromatic nitrogens is 1. The quantitative estimate of drug-likeness (QED) is 0.629. The van der Waals surface area contributed by atoms with Crippen molar-refractivity contribution in [1.82, 2.24) is 4.98 Å². The van der Waals surface area contributed by atoms with Crippen molar-refractivity contribution in [2.24, 2.45) is 0 Å². The van der Waals surface area contributed by atoms with Crippen molar-refractivity contribution >= 4 is 28.4 Å². The molecule has 0 radical (unpaired) electrons. The van der Waals surface area contributed by atoms with Crippen LogP contribution in [0.5, 0.6) is 0 Å². The SMILES string of the molecule is N#CC(C#N)=C1c2ccccc2CCC1Sc1nc2ccccc2o1. The summed E-state index contributed by atoms with van der Waals surface area (Å²) in [5.74, 6) is 0. The molecule has 1 heterocycles. The second-order valence-electron chi connectivity index (χ2n) is 5.76. The number of oxazole rings is 1. The fourth-order valence-corrected chi connectivity index (χ4v) is 4.32. The molecule has 0 amide bonds. The number of aryl methyl sites for hydroxylation is 1. The van der Waals surface area contributed by atoms with Crippen LogP contribution in [-0.4, -0.2) is 10.2 Å². The summed E-state index contributed by atoms with van der Waals surface area (Å²) in [7, 11) is 0. The molecule has 4 nitrogen and oxygen atoms in total. The van der Waals surface area contributed by atoms with E-state index in [9.17, 15) is 10.5 Å². The third-order valence-electron chi connectivity index (χ3n) is 4.32. The highest BCUT2D eigenvalue weighted by Crippen LogP contribution is 2.42. The minimum Gasteiger partial charge on any atom is -0.431 e. The maximum absolute atomic E-state index is 9.42. The molecule has 1 unspecified atom stereocenters. The van der Waals surface area contributed by atoms with E-state index >= 15 is 0 Å². The Balaban J connectivity index is 1.77. The number of benzene rings is 2. The first-order valence-corrected chi connectivity index (χ1v) is 8.83. The van der Waals surface area contributed by atoms with Gasteiger partial charge in [0.1, 0.15) is 23.2 Å². The highest BCUT2D eigenvalue weighted by molar-refractivity contribution is 8.00. The summed E-state index contributed by atoms with van der Waals surface area (Å²) in [6, 6.07) is 19.7. The Kier molecular flexibility index (Phi) is 4.01. The molecular weight excluding hydrogens is 330 g/mol. The lowest BCUT2D eigenvalue weighted by atomic mass is 9.85. The van der Waals surface area contributed by atoms with Gasteiger partial charge in [-0.1, -0.05) is 48.2 Å². The van der Waals surface area contributed by atoms with Gasteiger partial charge in [0.2, 0.25) is 0 Å². The van der Waals surface area contributed by atoms with Crippen LogP contribution < -0.4 is 0 Å². The molecule has 1 aliphatic rings. The molecule has 0 bridgehead atoms. The molecule has 0 N–H and O–H groups in total. The van der Waals surface area contributed by atoms with E-state index in [1.54, 1.807) is 0 Å². The molecule has 0 aliphatic heterocycles. The fraction of sp³-hybridized carbons (Fsp3) is 0.150. The van der Waals surface area contributed by atoms with Crippen molar-refractivity contribution in [3.63, 3.8) is 0 Å². The van der Waals surface area contributed by atoms with E-state index in [1.165, 1.54) is 17.3 Å². The van der Waals surface area contributed by atoms with E-state index < -0.39 is 0 Å². The van der Waals surface area contributed by atoms with Crippen LogP contribution in [0, 0.1) is 22.7 Å². The number of thioether (sulfide) groups is 1. The van der Waals surface area contributed by atoms with Crippen LogP contribution in [0.2, 0.25) is 0 Å². The average Bonchev–Trinajstić information content (AvgIpc) is 3.06. The lowest BCUT2D eigenvalue weighted by molar-refractivity contribution is 0.488. The van der Waals surface area contributed by atoms with E-state index in [0.29, 0.717) is 5.22 Å². The van der Waals surface area contributed by atoms with Gasteiger partial charge in [0.15, 0.2) is 5.58 Å². The third kappa shape index (κ3) is 2.80. The zero-order valence-corrected chi connectivity index (χ0v) is 14.1. The van der Waals surface area contributed by atoms with Gasteiger partial charge in [0, 0.05) is 10.8 Å². The van der Waals surface area contributed by atoms with E-state index in [2.05, 4.69) is 23.2 Å². The lowest BCUT2D eigenvalue weighted by Crippen LogP contribution is -2.16. The van der Waals surface area contributed by atoms with Gasteiger partial charge in [0.05, 0.1) is 0 Å². The molecule has 0 saturated heterocycles. The molecule has 0 saturated carbocycles. The predicted molar refractivity (Wildman–Crippen MR) is 96.6 cm³/mol. The summed E-state index contributed by atoms with van der Waals surface area (Å²) in [4.78, 5) is 4.52. The van der Waals surface area contributed by atoms with E-state index in [4.69, 9.17) is 4.42 Å². The highest BCUT2D eigenvalue weighted by Gasteiger charge is 2.29. The number of nitriles is 2. The molecule has 3 aromatic rings. The minimum atomic E-state index is -0.0303. The summed E-state index contributed by atoms with van der Waals surface area (Å²) in [5, 5.41) is 19.4. The first kappa shape index (κ1) is 15.5. The van der Waals surface area contributed by atoms with Gasteiger partial charge in [-0.3, -0.25) is 0 Å². The van der Waals surface area contributed by atoms with Crippen LogP contribution in [0.1, 0.15) is 17.5 Å². The highest BCUT2D eigenvalue weighted by atomic mass is 32.2. The first-order valence-electron chi connectivity index (χ1n) is 7.95. The van der Waals surface area contributed by atoms with E-state index in [0.717, 1.165) is 35.1 Å². The van der Waals surface area contributed by atoms with Crippen molar-refractivity contribution in [2.45, 2.75) is 23.3 Å². The third-order valence-corrected chi connectivity index (χ3v) is 5.45. The van der Waals surface area contributed by atoms with Crippen LogP contribution >= 0.6 is 11.8 Å². The van der Waals surface area contributed by atoms with Gasteiger partial charge in [-0.25, -0.2) is 4.98 Å². The predicted octanol–water partition coefficient (Wildman–Crippen LogP) is 4.74. The summed E-state index contributed by atoms with van der Waals surface area (Å²) in [5.41, 5.74) is 4.68. The Bertz CT molecular complexity index is 1020. The Morgan fingerprint density at radius 2 is 1.84 bits per heavy atom. The normalized spacial score (nSPS) is 16.1. The molecule has 1 aromatic heterocycles. The minimum absolute atomic E-state index is 0.0303. The number of hydrogen-bond donors (Lipinski definition) is 0. The van der Waals surface area contributed by atoms with Crippen LogP contribution in [0.3, 0.4) is 0 Å². The topological polar surface area (TPSA) is 73.6 Å². The Morgan fingerprint density at radius 1 is 1.08 bits per heavy atom. The molecule has 4 rings (SSSR count). The van der Waals surface area contributed by atoms with E-state index in [1.807, 2.05) is 42.5 Å². The van der Waals surface area contributed by atoms with Crippen LogP contribution in [0.25, 0.3) is 16.7 Å². The van der Waals surface area contributed by atoms with Gasteiger partial charge in [0.25, 0.3) is 5.22 Å². The van der Waals surface area contributed by atoms with Crippen molar-refractivity contribution < 1.29 is 4.42 Å². The molecule has 0 fully saturated rings. The van der Waals surface area contributed by atoms with Crippen LogP contribution in [0.4, 0.5) is 0 Å². The summed E-state index contributed by atoms with van der Waals surface area (Å²) in [6.45, 7) is 0. The van der Waals surface area contributed by atoms with Gasteiger partial charge in [-0.2, -0.15) is 10.5 Å². The smallest absolute Gasteiger partial charge is 0.257 e. The van der Waals surface area contributed by atoms with Crippen LogP contribution in [0.15, 0.2) is 63.7 Å². The number of para-hydroxylation sites is 2. The number of hydrogen-bond acceptors (Lipinski definition) is 5. The fourth-order valence-electron chi connectivity index (χ4n) is 3.19. The molecule has 1 atom stereocenters. The van der Waals surface area contributed by atoms with Crippen molar-refractivity contribution in [2.75, 3.05) is 0 Å². The Hall–Kier alpha value is -3.02. The zero-order chi connectivity index (χ0) is 17.2. The van der Waals surface area contributed by atoms with Crippen molar-refractivity contribution in [1.29, 1.82) is 10.5 Å². The largest absolute Gasteiger partial charge is 0.431 e. The molecule has 1 aliphatic carbocycles. The lowest BCUT2D eigenvalue weighted by Gasteiger charge is -2.26. The number of rotatable bonds is 2. The molecule has 120 valence electrons. The maximum atomic E-state index is 9.42. The van der Waals surface area contributed by atoms with Crippen molar-refractivity contribution in [3.8, 4) is 12.1 Å². The molecule has 0 spiro atoms. The van der Waals surface area contributed by atoms with Gasteiger partial charge < -0.3 is 4.42 Å². The monoisotopic (exact) mass is 343 g/mol. The van der Waals surface area contributed by atoms with E-state index in [-0.39, 0.29) is 10.8 Å². The van der Waals surface area contributed by atoms with Crippen molar-refractivity contribution in [3.05, 3.63) is 65.2 Å². The molecule has 25 heavy (non-hydrogen) atoms. The Morgan fingerprint density at radius 3 is 2.64 bits per heavy atom. The molecular formula is C20H13N3OS. The van der Waals surface area contributed by atoms with Crippen LogP contribution in [-0.2, 0) is 6.42 Å². The number of fused-ring (bicyclic) bond motifs is 2. The zero-order valence-electron chi connectivity index (χ0n) is 13.3. The van der Waals surface area contributed by atoms with Gasteiger partial charge in [-0.15, -0.1) is 0 Å². The second kappa shape index (κ2) is 6.47. The van der Waals surface area contributed by atoms with Gasteiger partial charge in [-0.05, 0) is 36.1 Å². The average molecular weight is 343 g/mol. The maximum Gasteiger partial charge on any atom is 0.257 e. The van der Waals surface area contributed by atoms with Gasteiger partial charge >= 0.3 is 0 Å². The first-order chi connectivity index (χ1) is 12.3.